The van der Waals surface area contributed by atoms with Crippen LogP contribution in [0.2, 0.25) is 0 Å². The fourth-order valence-corrected chi connectivity index (χ4v) is 1.47. The number of fused-ring (bicyclic) bond motifs is 1. The van der Waals surface area contributed by atoms with Crippen molar-refractivity contribution < 1.29 is 0 Å². The van der Waals surface area contributed by atoms with Gasteiger partial charge in [0, 0.05) is 5.56 Å². The molecule has 2 aromatic rings. The molecular formula is C14H14. The highest BCUT2D eigenvalue weighted by Gasteiger charge is 1.94. The molecular weight excluding hydrogens is 168 g/mol. The highest BCUT2D eigenvalue weighted by atomic mass is 14.0. The minimum absolute atomic E-state index is 0. The molecule has 14 heavy (non-hydrogen) atoms. The van der Waals surface area contributed by atoms with Gasteiger partial charge >= 0.3 is 0 Å². The van der Waals surface area contributed by atoms with Crippen molar-refractivity contribution in [3.63, 3.8) is 0 Å². The minimum atomic E-state index is 0. The molecule has 0 atom stereocenters. The summed E-state index contributed by atoms with van der Waals surface area (Å²) in [4.78, 5) is 0. The van der Waals surface area contributed by atoms with E-state index < -0.39 is 0 Å². The van der Waals surface area contributed by atoms with Crippen LogP contribution in [0.4, 0.5) is 0 Å². The van der Waals surface area contributed by atoms with Crippen LogP contribution >= 0.6 is 0 Å². The van der Waals surface area contributed by atoms with Crippen molar-refractivity contribution in [3.8, 4) is 11.8 Å². The average molecular weight is 182 g/mol. The van der Waals surface area contributed by atoms with Crippen molar-refractivity contribution in [1.29, 1.82) is 0 Å². The van der Waals surface area contributed by atoms with Crippen LogP contribution in [0.25, 0.3) is 10.8 Å². The van der Waals surface area contributed by atoms with Crippen LogP contribution in [0, 0.1) is 11.8 Å². The average Bonchev–Trinajstić information content (AvgIpc) is 2.19. The molecule has 2 rings (SSSR count). The molecule has 0 amide bonds. The first-order valence-electron chi connectivity index (χ1n) is 4.32. The molecule has 0 N–H and O–H groups in total. The van der Waals surface area contributed by atoms with Crippen LogP contribution in [0.1, 0.15) is 19.9 Å². The first-order valence-corrected chi connectivity index (χ1v) is 4.32. The van der Waals surface area contributed by atoms with Gasteiger partial charge in [0.2, 0.25) is 0 Å². The second kappa shape index (κ2) is 4.48. The van der Waals surface area contributed by atoms with Crippen molar-refractivity contribution in [2.24, 2.45) is 0 Å². The summed E-state index contributed by atoms with van der Waals surface area (Å²) >= 11 is 0. The summed E-state index contributed by atoms with van der Waals surface area (Å²) < 4.78 is 0. The Labute approximate surface area is 85.6 Å². The molecule has 0 fully saturated rings. The SMILES string of the molecule is C.CC#Cc1cccc2ccccc12. The van der Waals surface area contributed by atoms with Gasteiger partial charge < -0.3 is 0 Å². The maximum absolute atomic E-state index is 3.10. The number of benzene rings is 2. The zero-order valence-corrected chi connectivity index (χ0v) is 7.54. The number of hydrogen-bond donors (Lipinski definition) is 0. The molecule has 0 nitrogen and oxygen atoms in total. The highest BCUT2D eigenvalue weighted by Crippen LogP contribution is 2.17. The van der Waals surface area contributed by atoms with Crippen molar-refractivity contribution in [2.45, 2.75) is 14.4 Å². The van der Waals surface area contributed by atoms with Crippen LogP contribution in [0.3, 0.4) is 0 Å². The molecule has 0 aliphatic carbocycles. The fourth-order valence-electron chi connectivity index (χ4n) is 1.47. The van der Waals surface area contributed by atoms with Gasteiger partial charge in [0.1, 0.15) is 0 Å². The Morgan fingerprint density at radius 2 is 1.64 bits per heavy atom. The first kappa shape index (κ1) is 10.3. The van der Waals surface area contributed by atoms with Gasteiger partial charge in [0.25, 0.3) is 0 Å². The monoisotopic (exact) mass is 182 g/mol. The van der Waals surface area contributed by atoms with Gasteiger partial charge in [0.15, 0.2) is 0 Å². The fraction of sp³-hybridized carbons (Fsp3) is 0.143. The van der Waals surface area contributed by atoms with E-state index in [2.05, 4.69) is 36.1 Å². The molecule has 0 bridgehead atoms. The molecule has 0 saturated carbocycles. The molecule has 2 aromatic carbocycles. The van der Waals surface area contributed by atoms with Crippen LogP contribution in [-0.2, 0) is 0 Å². The largest absolute Gasteiger partial charge is 0.101 e. The third-order valence-corrected chi connectivity index (χ3v) is 2.05. The van der Waals surface area contributed by atoms with E-state index in [1.165, 1.54) is 10.8 Å². The number of rotatable bonds is 0. The molecule has 0 unspecified atom stereocenters. The van der Waals surface area contributed by atoms with Gasteiger partial charge in [-0.05, 0) is 23.8 Å². The topological polar surface area (TPSA) is 0 Å². The smallest absolute Gasteiger partial charge is 0.0323 e. The molecule has 0 heteroatoms. The molecule has 0 aromatic heterocycles. The molecule has 0 aliphatic heterocycles. The first-order chi connectivity index (χ1) is 6.42. The molecule has 0 heterocycles. The Kier molecular flexibility index (Phi) is 3.31. The van der Waals surface area contributed by atoms with Crippen molar-refractivity contribution >= 4 is 10.8 Å². The van der Waals surface area contributed by atoms with Gasteiger partial charge in [-0.2, -0.15) is 0 Å². The third-order valence-electron chi connectivity index (χ3n) is 2.05. The van der Waals surface area contributed by atoms with Gasteiger partial charge in [-0.3, -0.25) is 0 Å². The van der Waals surface area contributed by atoms with Gasteiger partial charge in [-0.15, -0.1) is 5.92 Å². The van der Waals surface area contributed by atoms with E-state index in [1.54, 1.807) is 0 Å². The summed E-state index contributed by atoms with van der Waals surface area (Å²) in [6.07, 6.45) is 0. The van der Waals surface area contributed by atoms with E-state index >= 15 is 0 Å². The lowest BCUT2D eigenvalue weighted by molar-refractivity contribution is 1.70. The van der Waals surface area contributed by atoms with Crippen molar-refractivity contribution in [3.05, 3.63) is 48.0 Å². The van der Waals surface area contributed by atoms with Crippen molar-refractivity contribution in [2.75, 3.05) is 0 Å². The zero-order chi connectivity index (χ0) is 9.10. The van der Waals surface area contributed by atoms with Crippen molar-refractivity contribution in [1.82, 2.24) is 0 Å². The Morgan fingerprint density at radius 3 is 2.43 bits per heavy atom. The summed E-state index contributed by atoms with van der Waals surface area (Å²) in [5.74, 6) is 6.03. The molecule has 0 spiro atoms. The summed E-state index contributed by atoms with van der Waals surface area (Å²) in [6, 6.07) is 14.5. The molecule has 0 saturated heterocycles. The third kappa shape index (κ3) is 1.78. The van der Waals surface area contributed by atoms with E-state index in [0.717, 1.165) is 5.56 Å². The maximum Gasteiger partial charge on any atom is 0.0323 e. The van der Waals surface area contributed by atoms with E-state index in [0.29, 0.717) is 0 Å². The van der Waals surface area contributed by atoms with Crippen LogP contribution in [0.5, 0.6) is 0 Å². The maximum atomic E-state index is 3.10. The Bertz CT molecular complexity index is 479. The second-order valence-electron chi connectivity index (χ2n) is 2.90. The quantitative estimate of drug-likeness (QED) is 0.543. The molecule has 70 valence electrons. The molecule has 0 aliphatic rings. The second-order valence-corrected chi connectivity index (χ2v) is 2.90. The van der Waals surface area contributed by atoms with Crippen LogP contribution < -0.4 is 0 Å². The lowest BCUT2D eigenvalue weighted by Gasteiger charge is -1.98. The van der Waals surface area contributed by atoms with E-state index in [4.69, 9.17) is 0 Å². The summed E-state index contributed by atoms with van der Waals surface area (Å²) in [5.41, 5.74) is 1.11. The number of hydrogen-bond acceptors (Lipinski definition) is 0. The van der Waals surface area contributed by atoms with Crippen LogP contribution in [0.15, 0.2) is 42.5 Å². The molecule has 0 radical (unpaired) electrons. The minimum Gasteiger partial charge on any atom is -0.101 e. The van der Waals surface area contributed by atoms with E-state index in [9.17, 15) is 0 Å². The van der Waals surface area contributed by atoms with Gasteiger partial charge in [-0.25, -0.2) is 0 Å². The Balaban J connectivity index is 0.000000980. The van der Waals surface area contributed by atoms with E-state index in [-0.39, 0.29) is 7.43 Å². The lowest BCUT2D eigenvalue weighted by Crippen LogP contribution is -1.77. The Morgan fingerprint density at radius 1 is 0.929 bits per heavy atom. The summed E-state index contributed by atoms with van der Waals surface area (Å²) in [7, 11) is 0. The standard InChI is InChI=1S/C13H10.CH4/c1-2-6-11-8-5-9-12-7-3-4-10-13(11)12;/h3-5,7-10H,1H3;1H4. The lowest BCUT2D eigenvalue weighted by atomic mass is 10.1. The van der Waals surface area contributed by atoms with Gasteiger partial charge in [-0.1, -0.05) is 49.7 Å². The zero-order valence-electron chi connectivity index (χ0n) is 7.54. The Hall–Kier alpha value is -1.74. The predicted molar refractivity (Wildman–Crippen MR) is 63.2 cm³/mol. The van der Waals surface area contributed by atoms with E-state index in [1.807, 2.05) is 25.1 Å². The summed E-state index contributed by atoms with van der Waals surface area (Å²) in [6.45, 7) is 1.86. The van der Waals surface area contributed by atoms with Gasteiger partial charge in [0.05, 0.1) is 0 Å². The van der Waals surface area contributed by atoms with Crippen LogP contribution in [-0.4, -0.2) is 0 Å². The summed E-state index contributed by atoms with van der Waals surface area (Å²) in [5, 5.41) is 2.49. The highest BCUT2D eigenvalue weighted by molar-refractivity contribution is 5.88. The normalized spacial score (nSPS) is 8.64. The predicted octanol–water partition coefficient (Wildman–Crippen LogP) is 3.85.